The van der Waals surface area contributed by atoms with Gasteiger partial charge in [-0.1, -0.05) is 54.6 Å². The third-order valence-corrected chi connectivity index (χ3v) is 9.48. The molecule has 0 fully saturated rings. The lowest BCUT2D eigenvalue weighted by Gasteiger charge is -2.27. The van der Waals surface area contributed by atoms with Crippen LogP contribution in [0.5, 0.6) is 0 Å². The Balaban J connectivity index is 1.83. The second-order valence-corrected chi connectivity index (χ2v) is 10.6. The van der Waals surface area contributed by atoms with E-state index in [9.17, 15) is 13.6 Å². The number of benzene rings is 4. The van der Waals surface area contributed by atoms with Gasteiger partial charge in [0.25, 0.3) is 5.91 Å². The van der Waals surface area contributed by atoms with Crippen molar-refractivity contribution in [1.29, 1.82) is 0 Å². The third-order valence-electron chi connectivity index (χ3n) is 5.18. The number of carbonyl (C=O) groups excluding carboxylic acids is 1. The zero-order valence-corrected chi connectivity index (χ0v) is 17.6. The molecule has 4 rings (SSSR count). The molecule has 0 unspecified atom stereocenters. The molecule has 0 bridgehead atoms. The van der Waals surface area contributed by atoms with E-state index in [-0.39, 0.29) is 17.8 Å². The van der Waals surface area contributed by atoms with Crippen LogP contribution in [0.2, 0.25) is 0 Å². The van der Waals surface area contributed by atoms with Crippen molar-refractivity contribution in [3.8, 4) is 0 Å². The molecule has 0 saturated carbocycles. The van der Waals surface area contributed by atoms with E-state index in [0.29, 0.717) is 0 Å². The van der Waals surface area contributed by atoms with Gasteiger partial charge in [-0.15, -0.1) is 0 Å². The highest BCUT2D eigenvalue weighted by Gasteiger charge is 2.47. The van der Waals surface area contributed by atoms with Crippen molar-refractivity contribution < 1.29 is 13.6 Å². The first kappa shape index (κ1) is 20.9. The van der Waals surface area contributed by atoms with E-state index in [1.807, 2.05) is 91.0 Å². The lowest BCUT2D eigenvalue weighted by molar-refractivity contribution is -0.113. The van der Waals surface area contributed by atoms with Crippen LogP contribution in [0.1, 0.15) is 0 Å². The summed E-state index contributed by atoms with van der Waals surface area (Å²) in [6.45, 7) is 0. The van der Waals surface area contributed by atoms with Crippen LogP contribution >= 0.6 is 7.26 Å². The van der Waals surface area contributed by atoms with Crippen LogP contribution in [0.15, 0.2) is 109 Å². The van der Waals surface area contributed by atoms with Crippen molar-refractivity contribution in [3.63, 3.8) is 0 Å². The van der Waals surface area contributed by atoms with Gasteiger partial charge in [0.05, 0.1) is 5.69 Å². The molecular weight excluding hydrogens is 411 g/mol. The Morgan fingerprint density at radius 1 is 0.677 bits per heavy atom. The number of anilines is 1. The van der Waals surface area contributed by atoms with E-state index < -0.39 is 18.9 Å². The first-order valence-corrected chi connectivity index (χ1v) is 11.9. The van der Waals surface area contributed by atoms with E-state index >= 15 is 0 Å². The molecule has 31 heavy (non-hydrogen) atoms. The molecule has 0 aliphatic carbocycles. The van der Waals surface area contributed by atoms with Gasteiger partial charge in [-0.3, -0.25) is 4.79 Å². The van der Waals surface area contributed by atoms with E-state index in [2.05, 4.69) is 5.32 Å². The van der Waals surface area contributed by atoms with Crippen LogP contribution in [0.4, 0.5) is 14.5 Å². The van der Waals surface area contributed by atoms with Gasteiger partial charge in [0.1, 0.15) is 34.8 Å². The number of carbonyl (C=O) groups is 1. The van der Waals surface area contributed by atoms with Crippen LogP contribution < -0.4 is 21.2 Å². The van der Waals surface area contributed by atoms with Crippen molar-refractivity contribution in [1.82, 2.24) is 0 Å². The predicted octanol–water partition coefficient (Wildman–Crippen LogP) is 4.90. The number of hydrogen-bond donors (Lipinski definition) is 1. The van der Waals surface area contributed by atoms with Crippen LogP contribution in [-0.2, 0) is 4.79 Å². The lowest BCUT2D eigenvalue weighted by atomic mass is 10.3. The fourth-order valence-electron chi connectivity index (χ4n) is 3.76. The standard InChI is InChI=1S/C26H20F2NOP/c27-20-16-17-25(24(28)18-20)29-26(30)19-31(21-10-4-1-5-11-21,22-12-6-2-7-13-22)23-14-8-3-9-15-23/h1-18H,19H2/p+1. The second-order valence-electron chi connectivity index (χ2n) is 7.15. The Labute approximate surface area is 180 Å². The van der Waals surface area contributed by atoms with Crippen LogP contribution in [0.3, 0.4) is 0 Å². The largest absolute Gasteiger partial charge is 0.320 e. The quantitative estimate of drug-likeness (QED) is 0.432. The highest BCUT2D eigenvalue weighted by atomic mass is 31.2. The highest BCUT2D eigenvalue weighted by Crippen LogP contribution is 2.55. The minimum absolute atomic E-state index is 0.0290. The minimum Gasteiger partial charge on any atom is -0.320 e. The van der Waals surface area contributed by atoms with Gasteiger partial charge in [-0.05, 0) is 48.5 Å². The third kappa shape index (κ3) is 4.40. The number of amides is 1. The molecule has 1 N–H and O–H groups in total. The van der Waals surface area contributed by atoms with E-state index in [0.717, 1.165) is 28.0 Å². The molecule has 5 heteroatoms. The Morgan fingerprint density at radius 2 is 1.13 bits per heavy atom. The van der Waals surface area contributed by atoms with Gasteiger partial charge in [-0.2, -0.15) is 0 Å². The van der Waals surface area contributed by atoms with E-state index in [4.69, 9.17) is 0 Å². The molecule has 0 aliphatic heterocycles. The summed E-state index contributed by atoms with van der Waals surface area (Å²) in [7, 11) is -2.38. The van der Waals surface area contributed by atoms with Gasteiger partial charge in [0.15, 0.2) is 6.16 Å². The smallest absolute Gasteiger partial charge is 0.263 e. The highest BCUT2D eigenvalue weighted by molar-refractivity contribution is 7.96. The number of halogens is 2. The van der Waals surface area contributed by atoms with Gasteiger partial charge in [0, 0.05) is 6.07 Å². The van der Waals surface area contributed by atoms with Crippen molar-refractivity contribution in [2.75, 3.05) is 11.5 Å². The van der Waals surface area contributed by atoms with Crippen molar-refractivity contribution in [2.24, 2.45) is 0 Å². The minimum atomic E-state index is -2.38. The summed E-state index contributed by atoms with van der Waals surface area (Å²) in [6, 6.07) is 33.0. The first-order chi connectivity index (χ1) is 15.1. The first-order valence-electron chi connectivity index (χ1n) is 9.89. The monoisotopic (exact) mass is 432 g/mol. The average molecular weight is 432 g/mol. The molecule has 1 amide bonds. The van der Waals surface area contributed by atoms with Crippen LogP contribution in [0.25, 0.3) is 0 Å². The van der Waals surface area contributed by atoms with Gasteiger partial charge in [0.2, 0.25) is 0 Å². The van der Waals surface area contributed by atoms with E-state index in [1.165, 1.54) is 6.07 Å². The molecule has 0 heterocycles. The summed E-state index contributed by atoms with van der Waals surface area (Å²) in [5.74, 6) is -1.80. The Kier molecular flexibility index (Phi) is 6.20. The predicted molar refractivity (Wildman–Crippen MR) is 125 cm³/mol. The summed E-state index contributed by atoms with van der Waals surface area (Å²) in [6.07, 6.45) is 0.155. The fourth-order valence-corrected chi connectivity index (χ4v) is 7.76. The van der Waals surface area contributed by atoms with Gasteiger partial charge in [-0.25, -0.2) is 8.78 Å². The SMILES string of the molecule is O=C(C[P+](c1ccccc1)(c1ccccc1)c1ccccc1)Nc1ccc(F)cc1F. The molecule has 2 nitrogen and oxygen atoms in total. The summed E-state index contributed by atoms with van der Waals surface area (Å²) in [5.41, 5.74) is -0.0290. The summed E-state index contributed by atoms with van der Waals surface area (Å²) in [4.78, 5) is 13.2. The second kappa shape index (κ2) is 9.20. The van der Waals surface area contributed by atoms with Crippen LogP contribution in [0, 0.1) is 11.6 Å². The molecular formula is C26H21F2NOP+. The van der Waals surface area contributed by atoms with Crippen molar-refractivity contribution >= 4 is 34.8 Å². The molecule has 4 aromatic rings. The number of rotatable bonds is 6. The zero-order chi connectivity index (χ0) is 21.7. The van der Waals surface area contributed by atoms with Gasteiger partial charge >= 0.3 is 0 Å². The molecule has 154 valence electrons. The summed E-state index contributed by atoms with van der Waals surface area (Å²) >= 11 is 0. The maximum atomic E-state index is 14.2. The summed E-state index contributed by atoms with van der Waals surface area (Å²) < 4.78 is 27.4. The molecule has 0 atom stereocenters. The molecule has 4 aromatic carbocycles. The lowest BCUT2D eigenvalue weighted by Crippen LogP contribution is -2.37. The number of nitrogens with one attached hydrogen (secondary N) is 1. The fraction of sp³-hybridized carbons (Fsp3) is 0.0385. The summed E-state index contributed by atoms with van der Waals surface area (Å²) in [5, 5.41) is 5.82. The van der Waals surface area contributed by atoms with Crippen LogP contribution in [-0.4, -0.2) is 12.1 Å². The maximum Gasteiger partial charge on any atom is 0.263 e. The maximum absolute atomic E-state index is 14.2. The Hall–Kier alpha value is -3.36. The normalized spacial score (nSPS) is 11.2. The Morgan fingerprint density at radius 3 is 1.55 bits per heavy atom. The topological polar surface area (TPSA) is 29.1 Å². The average Bonchev–Trinajstić information content (AvgIpc) is 2.81. The zero-order valence-electron chi connectivity index (χ0n) is 16.7. The van der Waals surface area contributed by atoms with E-state index in [1.54, 1.807) is 0 Å². The molecule has 0 aliphatic rings. The van der Waals surface area contributed by atoms with Crippen molar-refractivity contribution in [2.45, 2.75) is 0 Å². The molecule has 0 aromatic heterocycles. The van der Waals surface area contributed by atoms with Crippen molar-refractivity contribution in [3.05, 3.63) is 121 Å². The Bertz CT molecular complexity index is 1070. The van der Waals surface area contributed by atoms with Gasteiger partial charge < -0.3 is 5.32 Å². The number of hydrogen-bond acceptors (Lipinski definition) is 1. The molecule has 0 spiro atoms. The molecule has 0 saturated heterocycles. The molecule has 0 radical (unpaired) electrons.